The van der Waals surface area contributed by atoms with Crippen LogP contribution in [0.25, 0.3) is 0 Å². The van der Waals surface area contributed by atoms with Gasteiger partial charge in [0.1, 0.15) is 0 Å². The lowest BCUT2D eigenvalue weighted by Crippen LogP contribution is -2.41. The molecule has 1 aliphatic heterocycles. The van der Waals surface area contributed by atoms with Crippen molar-refractivity contribution in [2.45, 2.75) is 18.2 Å². The minimum Gasteiger partial charge on any atom is -0.378 e. The second-order valence-electron chi connectivity index (χ2n) is 5.90. The normalized spacial score (nSPS) is 15.1. The third-order valence-corrected chi connectivity index (χ3v) is 7.01. The van der Waals surface area contributed by atoms with Crippen molar-refractivity contribution in [2.24, 2.45) is 0 Å². The quantitative estimate of drug-likeness (QED) is 0.816. The van der Waals surface area contributed by atoms with Crippen LogP contribution in [0.1, 0.15) is 10.4 Å². The number of carbonyl (C=O) groups excluding carboxylic acids is 1. The first-order chi connectivity index (χ1) is 12.4. The molecule has 0 unspecified atom stereocenters. The van der Waals surface area contributed by atoms with Crippen molar-refractivity contribution in [1.29, 1.82) is 0 Å². The molecule has 6 nitrogen and oxygen atoms in total. The molecule has 1 saturated heterocycles. The van der Waals surface area contributed by atoms with E-state index in [-0.39, 0.29) is 17.2 Å². The SMILES string of the molecule is Cc1c(Cl)cccc1S(=O)(=O)Nc1ccsc1CC(=O)N1CCOCC1. The smallest absolute Gasteiger partial charge is 0.262 e. The standard InChI is InChI=1S/C17H19ClN2O4S2/c1-12-13(18)3-2-4-16(12)26(22,23)19-14-5-10-25-15(14)11-17(21)20-6-8-24-9-7-20/h2-5,10,19H,6-9,11H2,1H3. The molecule has 1 aromatic heterocycles. The van der Waals surface area contributed by atoms with Crippen LogP contribution in [0.5, 0.6) is 0 Å². The maximum Gasteiger partial charge on any atom is 0.262 e. The number of hydrogen-bond donors (Lipinski definition) is 1. The van der Waals surface area contributed by atoms with E-state index in [2.05, 4.69) is 4.72 Å². The molecule has 1 amide bonds. The van der Waals surface area contributed by atoms with Gasteiger partial charge in [-0.3, -0.25) is 9.52 Å². The maximum absolute atomic E-state index is 12.7. The van der Waals surface area contributed by atoms with Gasteiger partial charge in [-0.15, -0.1) is 11.3 Å². The Balaban J connectivity index is 1.78. The molecule has 2 heterocycles. The van der Waals surface area contributed by atoms with Crippen LogP contribution in [-0.4, -0.2) is 45.5 Å². The third kappa shape index (κ3) is 4.20. The predicted octanol–water partition coefficient (Wildman–Crippen LogP) is 2.91. The van der Waals surface area contributed by atoms with Gasteiger partial charge in [0.15, 0.2) is 0 Å². The van der Waals surface area contributed by atoms with E-state index >= 15 is 0 Å². The Labute approximate surface area is 161 Å². The lowest BCUT2D eigenvalue weighted by atomic mass is 10.2. The van der Waals surface area contributed by atoms with E-state index in [1.165, 1.54) is 17.4 Å². The summed E-state index contributed by atoms with van der Waals surface area (Å²) >= 11 is 7.39. The second-order valence-corrected chi connectivity index (χ2v) is 8.95. The van der Waals surface area contributed by atoms with E-state index in [4.69, 9.17) is 16.3 Å². The van der Waals surface area contributed by atoms with Crippen molar-refractivity contribution in [3.63, 3.8) is 0 Å². The summed E-state index contributed by atoms with van der Waals surface area (Å²) in [6, 6.07) is 6.42. The number of ether oxygens (including phenoxy) is 1. The Hall–Kier alpha value is -1.61. The summed E-state index contributed by atoms with van der Waals surface area (Å²) in [5, 5.41) is 2.16. The molecular weight excluding hydrogens is 396 g/mol. The molecule has 0 spiro atoms. The number of carbonyl (C=O) groups is 1. The van der Waals surface area contributed by atoms with Crippen molar-refractivity contribution in [3.8, 4) is 0 Å². The van der Waals surface area contributed by atoms with Gasteiger partial charge in [-0.25, -0.2) is 8.42 Å². The van der Waals surface area contributed by atoms with Crippen molar-refractivity contribution in [3.05, 3.63) is 45.1 Å². The van der Waals surface area contributed by atoms with Crippen molar-refractivity contribution < 1.29 is 17.9 Å². The second kappa shape index (κ2) is 7.96. The van der Waals surface area contributed by atoms with Crippen LogP contribution in [-0.2, 0) is 26.0 Å². The average Bonchev–Trinajstić information content (AvgIpc) is 3.04. The van der Waals surface area contributed by atoms with Crippen LogP contribution in [0, 0.1) is 6.92 Å². The molecule has 26 heavy (non-hydrogen) atoms. The van der Waals surface area contributed by atoms with Crippen LogP contribution in [0.2, 0.25) is 5.02 Å². The zero-order chi connectivity index (χ0) is 18.7. The first-order valence-electron chi connectivity index (χ1n) is 8.08. The fourth-order valence-electron chi connectivity index (χ4n) is 2.71. The average molecular weight is 415 g/mol. The highest BCUT2D eigenvalue weighted by Crippen LogP contribution is 2.29. The van der Waals surface area contributed by atoms with Crippen LogP contribution < -0.4 is 4.72 Å². The number of amides is 1. The van der Waals surface area contributed by atoms with Crippen LogP contribution in [0.3, 0.4) is 0 Å². The monoisotopic (exact) mass is 414 g/mol. The van der Waals surface area contributed by atoms with E-state index in [0.717, 1.165) is 0 Å². The summed E-state index contributed by atoms with van der Waals surface area (Å²) < 4.78 is 33.3. The largest absolute Gasteiger partial charge is 0.378 e. The van der Waals surface area contributed by atoms with Crippen molar-refractivity contribution in [1.82, 2.24) is 4.90 Å². The highest BCUT2D eigenvalue weighted by Gasteiger charge is 2.23. The zero-order valence-corrected chi connectivity index (χ0v) is 16.6. The number of sulfonamides is 1. The first-order valence-corrected chi connectivity index (χ1v) is 10.8. The van der Waals surface area contributed by atoms with Gasteiger partial charge in [0.2, 0.25) is 5.91 Å². The lowest BCUT2D eigenvalue weighted by Gasteiger charge is -2.26. The summed E-state index contributed by atoms with van der Waals surface area (Å²) in [6.07, 6.45) is 0.157. The molecule has 0 radical (unpaired) electrons. The Morgan fingerprint density at radius 3 is 2.77 bits per heavy atom. The first kappa shape index (κ1) is 19.2. The Kier molecular flexibility index (Phi) is 5.86. The summed E-state index contributed by atoms with van der Waals surface area (Å²) in [7, 11) is -3.79. The van der Waals surface area contributed by atoms with Gasteiger partial charge in [-0.1, -0.05) is 17.7 Å². The zero-order valence-electron chi connectivity index (χ0n) is 14.2. The molecule has 3 rings (SSSR count). The van der Waals surface area contributed by atoms with E-state index in [1.807, 2.05) is 0 Å². The minimum absolute atomic E-state index is 0.0323. The van der Waals surface area contributed by atoms with Gasteiger partial charge in [-0.05, 0) is 36.1 Å². The Morgan fingerprint density at radius 2 is 2.04 bits per heavy atom. The molecule has 140 valence electrons. The number of benzene rings is 1. The molecular formula is C17H19ClN2O4S2. The number of thiophene rings is 1. The van der Waals surface area contributed by atoms with E-state index in [0.29, 0.717) is 47.5 Å². The molecule has 1 aliphatic rings. The lowest BCUT2D eigenvalue weighted by molar-refractivity contribution is -0.134. The Bertz CT molecular complexity index is 905. The minimum atomic E-state index is -3.79. The molecule has 9 heteroatoms. The van der Waals surface area contributed by atoms with Crippen molar-refractivity contribution >= 4 is 44.6 Å². The van der Waals surface area contributed by atoms with Crippen molar-refractivity contribution in [2.75, 3.05) is 31.0 Å². The van der Waals surface area contributed by atoms with Gasteiger partial charge in [-0.2, -0.15) is 0 Å². The Morgan fingerprint density at radius 1 is 1.31 bits per heavy atom. The number of anilines is 1. The van der Waals surface area contributed by atoms with Gasteiger partial charge in [0.25, 0.3) is 10.0 Å². The predicted molar refractivity (Wildman–Crippen MR) is 102 cm³/mol. The van der Waals surface area contributed by atoms with E-state index < -0.39 is 10.0 Å². The topological polar surface area (TPSA) is 75.7 Å². The molecule has 0 bridgehead atoms. The number of nitrogens with zero attached hydrogens (tertiary/aromatic N) is 1. The maximum atomic E-state index is 12.7. The molecule has 1 N–H and O–H groups in total. The number of halogens is 1. The summed E-state index contributed by atoms with van der Waals surface area (Å²) in [5.41, 5.74) is 0.916. The van der Waals surface area contributed by atoms with Crippen LogP contribution >= 0.6 is 22.9 Å². The fourth-order valence-corrected chi connectivity index (χ4v) is 5.19. The highest BCUT2D eigenvalue weighted by molar-refractivity contribution is 7.92. The van der Waals surface area contributed by atoms with Gasteiger partial charge < -0.3 is 9.64 Å². The number of rotatable bonds is 5. The molecule has 0 saturated carbocycles. The molecule has 0 aliphatic carbocycles. The van der Waals surface area contributed by atoms with Crippen LogP contribution in [0.4, 0.5) is 5.69 Å². The fraction of sp³-hybridized carbons (Fsp3) is 0.353. The number of morpholine rings is 1. The van der Waals surface area contributed by atoms with Gasteiger partial charge in [0, 0.05) is 23.0 Å². The summed E-state index contributed by atoms with van der Waals surface area (Å²) in [6.45, 7) is 3.85. The van der Waals surface area contributed by atoms with Crippen LogP contribution in [0.15, 0.2) is 34.5 Å². The molecule has 2 aromatic rings. The molecule has 1 aromatic carbocycles. The summed E-state index contributed by atoms with van der Waals surface area (Å²) in [5.74, 6) is -0.0323. The highest BCUT2D eigenvalue weighted by atomic mass is 35.5. The summed E-state index contributed by atoms with van der Waals surface area (Å²) in [4.78, 5) is 15.0. The third-order valence-electron chi connectivity index (χ3n) is 4.17. The van der Waals surface area contributed by atoms with Gasteiger partial charge in [0.05, 0.1) is 30.2 Å². The molecule has 0 atom stereocenters. The molecule has 1 fully saturated rings. The number of nitrogens with one attached hydrogen (secondary N) is 1. The van der Waals surface area contributed by atoms with Gasteiger partial charge >= 0.3 is 0 Å². The number of hydrogen-bond acceptors (Lipinski definition) is 5. The van der Waals surface area contributed by atoms with E-state index in [9.17, 15) is 13.2 Å². The van der Waals surface area contributed by atoms with E-state index in [1.54, 1.807) is 35.4 Å².